The first-order valence-corrected chi connectivity index (χ1v) is 8.09. The topological polar surface area (TPSA) is 71.3 Å². The van der Waals surface area contributed by atoms with Gasteiger partial charge in [-0.25, -0.2) is 0 Å². The Morgan fingerprint density at radius 3 is 2.65 bits per heavy atom. The smallest absolute Gasteiger partial charge is 0.268 e. The van der Waals surface area contributed by atoms with Crippen LogP contribution in [0.4, 0.5) is 5.69 Å². The fourth-order valence-corrected chi connectivity index (χ4v) is 3.37. The van der Waals surface area contributed by atoms with Crippen molar-refractivity contribution < 1.29 is 9.90 Å². The van der Waals surface area contributed by atoms with E-state index >= 15 is 0 Å². The van der Waals surface area contributed by atoms with Crippen molar-refractivity contribution in [2.24, 2.45) is 0 Å². The quantitative estimate of drug-likeness (QED) is 0.707. The van der Waals surface area contributed by atoms with Crippen LogP contribution in [0.25, 0.3) is 10.1 Å². The molecule has 2 aromatic carbocycles. The van der Waals surface area contributed by atoms with Crippen LogP contribution in [0.1, 0.15) is 12.8 Å². The Morgan fingerprint density at radius 1 is 1.13 bits per heavy atom. The van der Waals surface area contributed by atoms with Crippen LogP contribution in [0.5, 0.6) is 5.75 Å². The number of fused-ring (bicyclic) bond motifs is 1. The van der Waals surface area contributed by atoms with Gasteiger partial charge in [0.25, 0.3) is 5.56 Å². The number of amides is 1. The lowest BCUT2D eigenvalue weighted by molar-refractivity contribution is -0.116. The summed E-state index contributed by atoms with van der Waals surface area (Å²) in [4.78, 5) is 24.1. The third kappa shape index (κ3) is 3.43. The van der Waals surface area contributed by atoms with Gasteiger partial charge in [-0.1, -0.05) is 35.8 Å². The number of nitrogens with one attached hydrogen (secondary N) is 1. The van der Waals surface area contributed by atoms with Gasteiger partial charge in [-0.2, -0.15) is 0 Å². The predicted molar refractivity (Wildman–Crippen MR) is 92.1 cm³/mol. The number of phenols is 1. The van der Waals surface area contributed by atoms with Crippen LogP contribution >= 0.6 is 11.5 Å². The lowest BCUT2D eigenvalue weighted by Crippen LogP contribution is -2.16. The molecule has 0 aliphatic carbocycles. The molecule has 0 bridgehead atoms. The molecule has 0 aliphatic heterocycles. The van der Waals surface area contributed by atoms with Crippen LogP contribution < -0.4 is 10.9 Å². The van der Waals surface area contributed by atoms with Gasteiger partial charge >= 0.3 is 0 Å². The van der Waals surface area contributed by atoms with Crippen LogP contribution in [-0.2, 0) is 11.3 Å². The maximum Gasteiger partial charge on any atom is 0.268 e. The van der Waals surface area contributed by atoms with Crippen LogP contribution in [0.3, 0.4) is 0 Å². The van der Waals surface area contributed by atoms with Crippen LogP contribution in [0.15, 0.2) is 53.3 Å². The fraction of sp³-hybridized carbons (Fsp3) is 0.176. The fourth-order valence-electron chi connectivity index (χ4n) is 2.34. The summed E-state index contributed by atoms with van der Waals surface area (Å²) in [7, 11) is 0. The molecule has 23 heavy (non-hydrogen) atoms. The summed E-state index contributed by atoms with van der Waals surface area (Å²) in [5.74, 6) is -0.137. The molecule has 0 radical (unpaired) electrons. The number of para-hydroxylation sites is 2. The summed E-state index contributed by atoms with van der Waals surface area (Å²) in [6, 6.07) is 14.1. The Balaban J connectivity index is 1.58. The van der Waals surface area contributed by atoms with Crippen molar-refractivity contribution in [1.29, 1.82) is 0 Å². The van der Waals surface area contributed by atoms with Crippen LogP contribution in [-0.4, -0.2) is 15.0 Å². The van der Waals surface area contributed by atoms with Gasteiger partial charge in [-0.3, -0.25) is 13.5 Å². The zero-order valence-corrected chi connectivity index (χ0v) is 13.2. The minimum absolute atomic E-state index is 0.00767. The molecule has 0 fully saturated rings. The monoisotopic (exact) mass is 328 g/mol. The molecular formula is C17H16N2O3S. The molecule has 0 atom stereocenters. The summed E-state index contributed by atoms with van der Waals surface area (Å²) < 4.78 is 2.63. The largest absolute Gasteiger partial charge is 0.506 e. The van der Waals surface area contributed by atoms with Gasteiger partial charge in [-0.05, 0) is 30.7 Å². The highest BCUT2D eigenvalue weighted by Crippen LogP contribution is 2.22. The van der Waals surface area contributed by atoms with Crippen molar-refractivity contribution in [2.75, 3.05) is 5.32 Å². The Labute approximate surface area is 137 Å². The molecular weight excluding hydrogens is 312 g/mol. The maximum absolute atomic E-state index is 12.2. The second kappa shape index (κ2) is 6.66. The number of carbonyl (C=O) groups is 1. The first kappa shape index (κ1) is 15.3. The standard InChI is InChI=1S/C17H16N2O3S/c20-14-8-3-2-7-13(14)18-16(21)10-5-11-19-17(22)12-6-1-4-9-15(12)23-19/h1-4,6-9,20H,5,10-11H2,(H,18,21). The highest BCUT2D eigenvalue weighted by molar-refractivity contribution is 7.13. The van der Waals surface area contributed by atoms with Gasteiger partial charge in [0.2, 0.25) is 5.91 Å². The zero-order valence-electron chi connectivity index (χ0n) is 12.4. The molecule has 5 nitrogen and oxygen atoms in total. The van der Waals surface area contributed by atoms with E-state index in [1.165, 1.54) is 17.6 Å². The molecule has 0 saturated heterocycles. The highest BCUT2D eigenvalue weighted by Gasteiger charge is 2.09. The third-order valence-corrected chi connectivity index (χ3v) is 4.62. The number of nitrogens with zero attached hydrogens (tertiary/aromatic N) is 1. The van der Waals surface area contributed by atoms with Gasteiger partial charge < -0.3 is 10.4 Å². The van der Waals surface area contributed by atoms with Crippen LogP contribution in [0, 0.1) is 0 Å². The van der Waals surface area contributed by atoms with E-state index < -0.39 is 0 Å². The molecule has 0 spiro atoms. The number of anilines is 1. The molecule has 1 aromatic heterocycles. The molecule has 0 aliphatic rings. The van der Waals surface area contributed by atoms with Gasteiger partial charge in [-0.15, -0.1) is 0 Å². The summed E-state index contributed by atoms with van der Waals surface area (Å²) in [5.41, 5.74) is 0.392. The van der Waals surface area contributed by atoms with E-state index in [9.17, 15) is 14.7 Å². The summed E-state index contributed by atoms with van der Waals surface area (Å²) in [6.45, 7) is 0.506. The molecule has 1 heterocycles. The van der Waals surface area contributed by atoms with Gasteiger partial charge in [0.05, 0.1) is 15.8 Å². The first-order valence-electron chi connectivity index (χ1n) is 7.32. The van der Waals surface area contributed by atoms with E-state index in [1.54, 1.807) is 22.2 Å². The SMILES string of the molecule is O=C(CCCn1sc2ccccc2c1=O)Nc1ccccc1O. The normalized spacial score (nSPS) is 10.8. The van der Waals surface area contributed by atoms with Gasteiger partial charge in [0.1, 0.15) is 5.75 Å². The Morgan fingerprint density at radius 2 is 1.87 bits per heavy atom. The number of aromatic hydroxyl groups is 1. The highest BCUT2D eigenvalue weighted by atomic mass is 32.1. The number of hydrogen-bond acceptors (Lipinski definition) is 4. The second-order valence-electron chi connectivity index (χ2n) is 5.16. The summed E-state index contributed by atoms with van der Waals surface area (Å²) >= 11 is 1.41. The van der Waals surface area contributed by atoms with Crippen molar-refractivity contribution in [1.82, 2.24) is 3.96 Å². The van der Waals surface area contributed by atoms with Crippen molar-refractivity contribution in [3.63, 3.8) is 0 Å². The van der Waals surface area contributed by atoms with Crippen molar-refractivity contribution >= 4 is 33.2 Å². The Hall–Kier alpha value is -2.60. The van der Waals surface area contributed by atoms with Gasteiger partial charge in [0, 0.05) is 13.0 Å². The lowest BCUT2D eigenvalue weighted by atomic mass is 10.2. The Bertz CT molecular complexity index is 898. The van der Waals surface area contributed by atoms with E-state index in [0.29, 0.717) is 18.7 Å². The molecule has 0 unspecified atom stereocenters. The predicted octanol–water partition coefficient (Wildman–Crippen LogP) is 3.19. The third-order valence-electron chi connectivity index (χ3n) is 3.50. The second-order valence-corrected chi connectivity index (χ2v) is 6.23. The summed E-state index contributed by atoms with van der Waals surface area (Å²) in [5, 5.41) is 13.0. The van der Waals surface area contributed by atoms with Crippen LogP contribution in [0.2, 0.25) is 0 Å². The molecule has 3 rings (SSSR count). The zero-order chi connectivity index (χ0) is 16.2. The molecule has 1 amide bonds. The Kier molecular flexibility index (Phi) is 4.43. The molecule has 6 heteroatoms. The molecule has 118 valence electrons. The molecule has 0 saturated carbocycles. The number of aryl methyl sites for hydroxylation is 1. The number of benzene rings is 2. The number of carbonyl (C=O) groups excluding carboxylic acids is 1. The molecule has 2 N–H and O–H groups in total. The number of aromatic nitrogens is 1. The molecule has 3 aromatic rings. The van der Waals surface area contributed by atoms with E-state index in [2.05, 4.69) is 5.32 Å². The minimum atomic E-state index is -0.180. The average Bonchev–Trinajstić information content (AvgIpc) is 2.86. The summed E-state index contributed by atoms with van der Waals surface area (Å²) in [6.07, 6.45) is 0.848. The maximum atomic E-state index is 12.2. The number of hydrogen-bond donors (Lipinski definition) is 2. The van der Waals surface area contributed by atoms with E-state index in [0.717, 1.165) is 10.1 Å². The van der Waals surface area contributed by atoms with E-state index in [1.807, 2.05) is 24.3 Å². The number of rotatable bonds is 5. The average molecular weight is 328 g/mol. The van der Waals surface area contributed by atoms with Crippen molar-refractivity contribution in [3.05, 3.63) is 58.9 Å². The number of phenolic OH excluding ortho intramolecular Hbond substituents is 1. The van der Waals surface area contributed by atoms with E-state index in [4.69, 9.17) is 0 Å². The lowest BCUT2D eigenvalue weighted by Gasteiger charge is -2.06. The van der Waals surface area contributed by atoms with E-state index in [-0.39, 0.29) is 23.6 Å². The first-order chi connectivity index (χ1) is 11.1. The van der Waals surface area contributed by atoms with Crippen molar-refractivity contribution in [3.8, 4) is 5.75 Å². The van der Waals surface area contributed by atoms with Crippen molar-refractivity contribution in [2.45, 2.75) is 19.4 Å². The van der Waals surface area contributed by atoms with Gasteiger partial charge in [0.15, 0.2) is 0 Å². The minimum Gasteiger partial charge on any atom is -0.506 e.